The molecule has 1 aliphatic heterocycles. The van der Waals surface area contributed by atoms with Crippen LogP contribution in [0.5, 0.6) is 11.5 Å². The molecule has 9 heteroatoms. The van der Waals surface area contributed by atoms with Crippen LogP contribution in [0, 0.1) is 0 Å². The lowest BCUT2D eigenvalue weighted by Crippen LogP contribution is -2.19. The minimum Gasteiger partial charge on any atom is -0.497 e. The van der Waals surface area contributed by atoms with E-state index in [2.05, 4.69) is 20.3 Å². The van der Waals surface area contributed by atoms with E-state index in [1.165, 1.54) is 7.11 Å². The molecule has 0 unspecified atom stereocenters. The number of amides is 1. The van der Waals surface area contributed by atoms with Gasteiger partial charge in [-0.05, 0) is 40.7 Å². The number of hydrogen-bond donors (Lipinski definition) is 1. The quantitative estimate of drug-likeness (QED) is 0.359. The average Bonchev–Trinajstić information content (AvgIpc) is 3.06. The summed E-state index contributed by atoms with van der Waals surface area (Å²) in [6, 6.07) is 9.47. The number of rotatable bonds is 5. The lowest BCUT2D eigenvalue weighted by Gasteiger charge is -2.09. The highest BCUT2D eigenvalue weighted by Gasteiger charge is 2.25. The summed E-state index contributed by atoms with van der Waals surface area (Å²) in [7, 11) is 4.41. The second-order valence-electron chi connectivity index (χ2n) is 5.51. The zero-order valence-corrected chi connectivity index (χ0v) is 16.2. The maximum absolute atomic E-state index is 11.8. The second kappa shape index (κ2) is 8.57. The molecule has 1 aliphatic rings. The van der Waals surface area contributed by atoms with E-state index < -0.39 is 11.9 Å². The summed E-state index contributed by atoms with van der Waals surface area (Å²) in [5, 5.41) is 12.8. The van der Waals surface area contributed by atoms with Crippen molar-refractivity contribution in [1.82, 2.24) is 5.32 Å². The normalized spacial score (nSPS) is 16.8. The van der Waals surface area contributed by atoms with E-state index in [1.54, 1.807) is 20.4 Å². The van der Waals surface area contributed by atoms with Gasteiger partial charge in [0.1, 0.15) is 11.5 Å². The first-order valence-corrected chi connectivity index (χ1v) is 8.92. The largest absolute Gasteiger partial charge is 0.497 e. The fourth-order valence-corrected chi connectivity index (χ4v) is 3.26. The van der Waals surface area contributed by atoms with Crippen LogP contribution in [0.2, 0.25) is 0 Å². The number of methoxy groups -OCH3 is 3. The van der Waals surface area contributed by atoms with Crippen LogP contribution in [0.25, 0.3) is 10.8 Å². The molecule has 8 nitrogen and oxygen atoms in total. The summed E-state index contributed by atoms with van der Waals surface area (Å²) < 4.78 is 15.2. The minimum absolute atomic E-state index is 0.188. The monoisotopic (exact) mass is 399 g/mol. The fourth-order valence-electron chi connectivity index (χ4n) is 2.52. The Labute approximate surface area is 165 Å². The zero-order valence-electron chi connectivity index (χ0n) is 15.4. The Morgan fingerprint density at radius 1 is 1.14 bits per heavy atom. The van der Waals surface area contributed by atoms with Crippen LogP contribution >= 0.6 is 11.8 Å². The summed E-state index contributed by atoms with van der Waals surface area (Å²) in [5.41, 5.74) is 0.725. The van der Waals surface area contributed by atoms with E-state index in [4.69, 9.17) is 9.47 Å². The molecule has 3 rings (SSSR count). The Balaban J connectivity index is 1.91. The van der Waals surface area contributed by atoms with Gasteiger partial charge in [0, 0.05) is 11.6 Å². The average molecular weight is 399 g/mol. The van der Waals surface area contributed by atoms with Crippen molar-refractivity contribution in [3.8, 4) is 11.5 Å². The molecule has 1 amide bonds. The van der Waals surface area contributed by atoms with Crippen molar-refractivity contribution in [1.29, 1.82) is 0 Å². The highest BCUT2D eigenvalue weighted by molar-refractivity contribution is 8.18. The van der Waals surface area contributed by atoms with Crippen molar-refractivity contribution in [3.05, 3.63) is 46.9 Å². The number of benzene rings is 2. The minimum atomic E-state index is -0.614. The van der Waals surface area contributed by atoms with Gasteiger partial charge in [-0.3, -0.25) is 10.1 Å². The first-order valence-electron chi connectivity index (χ1n) is 8.10. The molecule has 0 radical (unpaired) electrons. The van der Waals surface area contributed by atoms with E-state index in [0.29, 0.717) is 11.5 Å². The Morgan fingerprint density at radius 3 is 2.64 bits per heavy atom. The Morgan fingerprint density at radius 2 is 1.93 bits per heavy atom. The van der Waals surface area contributed by atoms with Gasteiger partial charge in [0.25, 0.3) is 5.91 Å². The first-order chi connectivity index (χ1) is 13.5. The number of esters is 1. The summed E-state index contributed by atoms with van der Waals surface area (Å²) in [6.07, 6.45) is 2.65. The molecule has 0 spiro atoms. The van der Waals surface area contributed by atoms with Gasteiger partial charge < -0.3 is 14.2 Å². The van der Waals surface area contributed by atoms with Crippen LogP contribution < -0.4 is 14.8 Å². The molecule has 144 valence electrons. The number of amidine groups is 1. The van der Waals surface area contributed by atoms with E-state index in [-0.39, 0.29) is 10.1 Å². The molecule has 0 aliphatic carbocycles. The van der Waals surface area contributed by atoms with Crippen molar-refractivity contribution in [2.75, 3.05) is 21.3 Å². The van der Waals surface area contributed by atoms with E-state index in [0.717, 1.165) is 34.2 Å². The van der Waals surface area contributed by atoms with Gasteiger partial charge in [0.15, 0.2) is 5.17 Å². The van der Waals surface area contributed by atoms with Crippen LogP contribution in [0.3, 0.4) is 0 Å². The zero-order chi connectivity index (χ0) is 20.1. The molecular weight excluding hydrogens is 382 g/mol. The van der Waals surface area contributed by atoms with Gasteiger partial charge in [-0.1, -0.05) is 12.1 Å². The molecule has 2 aromatic carbocycles. The number of carbonyl (C=O) groups is 2. The lowest BCUT2D eigenvalue weighted by molar-refractivity contribution is -0.135. The molecule has 1 saturated heterocycles. The van der Waals surface area contributed by atoms with Gasteiger partial charge in [0.05, 0.1) is 32.4 Å². The summed E-state index contributed by atoms with van der Waals surface area (Å²) >= 11 is 1.00. The van der Waals surface area contributed by atoms with Gasteiger partial charge in [0.2, 0.25) is 0 Å². The molecule has 2 aromatic rings. The van der Waals surface area contributed by atoms with Gasteiger partial charge in [-0.2, -0.15) is 5.10 Å². The predicted octanol–water partition coefficient (Wildman–Crippen LogP) is 2.47. The summed E-state index contributed by atoms with van der Waals surface area (Å²) in [4.78, 5) is 23.3. The van der Waals surface area contributed by atoms with Crippen LogP contribution in [-0.4, -0.2) is 44.6 Å². The number of fused-ring (bicyclic) bond motifs is 1. The highest BCUT2D eigenvalue weighted by atomic mass is 32.2. The van der Waals surface area contributed by atoms with Gasteiger partial charge in [-0.15, -0.1) is 5.10 Å². The Hall–Kier alpha value is -3.33. The predicted molar refractivity (Wildman–Crippen MR) is 108 cm³/mol. The maximum Gasteiger partial charge on any atom is 0.331 e. The first kappa shape index (κ1) is 19.4. The molecule has 0 bridgehead atoms. The lowest BCUT2D eigenvalue weighted by atomic mass is 10.0. The Kier molecular flexibility index (Phi) is 5.95. The van der Waals surface area contributed by atoms with Gasteiger partial charge in [-0.25, -0.2) is 4.79 Å². The van der Waals surface area contributed by atoms with Crippen molar-refractivity contribution in [2.24, 2.45) is 10.2 Å². The third-order valence-electron chi connectivity index (χ3n) is 3.89. The number of nitrogens with zero attached hydrogens (tertiary/aromatic N) is 2. The van der Waals surface area contributed by atoms with E-state index in [1.807, 2.05) is 30.3 Å². The number of carbonyl (C=O) groups excluding carboxylic acids is 2. The summed E-state index contributed by atoms with van der Waals surface area (Å²) in [6.45, 7) is 0. The van der Waals surface area contributed by atoms with E-state index >= 15 is 0 Å². The van der Waals surface area contributed by atoms with Crippen molar-refractivity contribution in [2.45, 2.75) is 0 Å². The number of nitrogens with one attached hydrogen (secondary N) is 1. The third kappa shape index (κ3) is 4.15. The number of ether oxygens (including phenoxy) is 3. The number of thioether (sulfide) groups is 1. The molecular formula is C19H17N3O5S. The topological polar surface area (TPSA) is 98.6 Å². The molecule has 0 saturated carbocycles. The molecule has 1 fully saturated rings. The van der Waals surface area contributed by atoms with E-state index in [9.17, 15) is 9.59 Å². The van der Waals surface area contributed by atoms with Crippen LogP contribution in [0.4, 0.5) is 0 Å². The van der Waals surface area contributed by atoms with Crippen molar-refractivity contribution >= 4 is 45.8 Å². The molecule has 1 heterocycles. The van der Waals surface area contributed by atoms with Crippen molar-refractivity contribution in [3.63, 3.8) is 0 Å². The molecule has 28 heavy (non-hydrogen) atoms. The molecule has 0 atom stereocenters. The standard InChI is InChI=1S/C19H17N3O5S/c1-25-12-6-4-11-5-7-15(26-2)14(13(11)8-12)10-20-22-19-21-18(24)16(28-19)9-17(23)27-3/h4-10H,1-3H3,(H,21,22,24)/b16-9+,20-10?. The highest BCUT2D eigenvalue weighted by Crippen LogP contribution is 2.30. The van der Waals surface area contributed by atoms with Crippen LogP contribution in [0.1, 0.15) is 5.56 Å². The third-order valence-corrected chi connectivity index (χ3v) is 4.79. The Bertz CT molecular complexity index is 1020. The van der Waals surface area contributed by atoms with Crippen LogP contribution in [0.15, 0.2) is 51.5 Å². The molecule has 0 aromatic heterocycles. The molecule has 1 N–H and O–H groups in total. The van der Waals surface area contributed by atoms with Crippen molar-refractivity contribution < 1.29 is 23.8 Å². The SMILES string of the molecule is COC(=O)/C=C1/S/C(=N\N=Cc2c(OC)ccc3ccc(OC)cc23)NC1=O. The summed E-state index contributed by atoms with van der Waals surface area (Å²) in [5.74, 6) is 0.283. The fraction of sp³-hybridized carbons (Fsp3) is 0.158. The maximum atomic E-state index is 11.8. The second-order valence-corrected chi connectivity index (χ2v) is 6.54. The van der Waals surface area contributed by atoms with Crippen LogP contribution in [-0.2, 0) is 14.3 Å². The smallest absolute Gasteiger partial charge is 0.331 e. The number of hydrogen-bond acceptors (Lipinski definition) is 8. The van der Waals surface area contributed by atoms with Gasteiger partial charge >= 0.3 is 5.97 Å².